The van der Waals surface area contributed by atoms with Crippen LogP contribution in [0.25, 0.3) is 0 Å². The van der Waals surface area contributed by atoms with Gasteiger partial charge >= 0.3 is 5.97 Å². The molecule has 0 aromatic carbocycles. The summed E-state index contributed by atoms with van der Waals surface area (Å²) in [6.45, 7) is 8.11. The van der Waals surface area contributed by atoms with Crippen molar-refractivity contribution in [1.29, 1.82) is 0 Å². The van der Waals surface area contributed by atoms with Gasteiger partial charge in [0.1, 0.15) is 6.10 Å². The van der Waals surface area contributed by atoms with Crippen molar-refractivity contribution in [1.82, 2.24) is 5.32 Å². The molecule has 4 nitrogen and oxygen atoms in total. The Balaban J connectivity index is 2.09. The highest BCUT2D eigenvalue weighted by molar-refractivity contribution is 5.81. The summed E-state index contributed by atoms with van der Waals surface area (Å²) in [6, 6.07) is 0.0117. The first-order chi connectivity index (χ1) is 8.40. The smallest absolute Gasteiger partial charge is 0.309 e. The van der Waals surface area contributed by atoms with E-state index in [1.54, 1.807) is 0 Å². The van der Waals surface area contributed by atoms with E-state index in [-0.39, 0.29) is 47.7 Å². The number of hydrogen-bond acceptors (Lipinski definition) is 3. The second kappa shape index (κ2) is 4.90. The number of esters is 1. The molecule has 2 fully saturated rings. The fraction of sp³-hybridized carbons (Fsp3) is 0.857. The standard InChI is InChI=1S/C14H23NO3/c1-7(2)9-6-12-11(15-13(9)16)5-10(8(3)4)14(17)18-12/h7-12H,5-6H2,1-4H3,(H,15,16). The Morgan fingerprint density at radius 1 is 1.06 bits per heavy atom. The van der Waals surface area contributed by atoms with Crippen LogP contribution in [0.15, 0.2) is 0 Å². The Morgan fingerprint density at radius 2 is 1.67 bits per heavy atom. The number of fused-ring (bicyclic) bond motifs is 1. The quantitative estimate of drug-likeness (QED) is 0.763. The van der Waals surface area contributed by atoms with E-state index in [0.29, 0.717) is 6.42 Å². The number of nitrogens with one attached hydrogen (secondary N) is 1. The van der Waals surface area contributed by atoms with Gasteiger partial charge in [-0.3, -0.25) is 9.59 Å². The third kappa shape index (κ3) is 2.38. The molecule has 2 saturated heterocycles. The van der Waals surface area contributed by atoms with Gasteiger partial charge in [0.25, 0.3) is 0 Å². The zero-order chi connectivity index (χ0) is 13.4. The van der Waals surface area contributed by atoms with E-state index < -0.39 is 0 Å². The zero-order valence-electron chi connectivity index (χ0n) is 11.6. The molecule has 102 valence electrons. The fourth-order valence-corrected chi connectivity index (χ4v) is 2.97. The molecule has 18 heavy (non-hydrogen) atoms. The van der Waals surface area contributed by atoms with Crippen LogP contribution >= 0.6 is 0 Å². The van der Waals surface area contributed by atoms with E-state index >= 15 is 0 Å². The largest absolute Gasteiger partial charge is 0.460 e. The third-order valence-electron chi connectivity index (χ3n) is 4.29. The van der Waals surface area contributed by atoms with Crippen LogP contribution in [0.5, 0.6) is 0 Å². The van der Waals surface area contributed by atoms with Crippen LogP contribution in [0.3, 0.4) is 0 Å². The van der Waals surface area contributed by atoms with E-state index in [9.17, 15) is 9.59 Å². The molecule has 0 saturated carbocycles. The summed E-state index contributed by atoms with van der Waals surface area (Å²) in [5.41, 5.74) is 0. The van der Waals surface area contributed by atoms with Crippen LogP contribution in [0.1, 0.15) is 40.5 Å². The van der Waals surface area contributed by atoms with Gasteiger partial charge in [0.05, 0.1) is 12.0 Å². The first kappa shape index (κ1) is 13.4. The van der Waals surface area contributed by atoms with Gasteiger partial charge in [0.15, 0.2) is 0 Å². The van der Waals surface area contributed by atoms with Gasteiger partial charge in [-0.05, 0) is 24.7 Å². The molecule has 0 spiro atoms. The van der Waals surface area contributed by atoms with Crippen molar-refractivity contribution in [3.8, 4) is 0 Å². The first-order valence-corrected chi connectivity index (χ1v) is 6.91. The highest BCUT2D eigenvalue weighted by Gasteiger charge is 2.45. The molecule has 0 radical (unpaired) electrons. The lowest BCUT2D eigenvalue weighted by Crippen LogP contribution is -2.58. The van der Waals surface area contributed by atoms with Gasteiger partial charge in [-0.15, -0.1) is 0 Å². The minimum absolute atomic E-state index is 0.0117. The van der Waals surface area contributed by atoms with E-state index in [4.69, 9.17) is 4.74 Å². The van der Waals surface area contributed by atoms with Crippen molar-refractivity contribution >= 4 is 11.9 Å². The maximum absolute atomic E-state index is 12.0. The number of piperidine rings is 1. The molecule has 4 unspecified atom stereocenters. The third-order valence-corrected chi connectivity index (χ3v) is 4.29. The number of amides is 1. The van der Waals surface area contributed by atoms with Gasteiger partial charge in [-0.2, -0.15) is 0 Å². The Labute approximate surface area is 108 Å². The summed E-state index contributed by atoms with van der Waals surface area (Å²) < 4.78 is 5.54. The molecule has 2 heterocycles. The molecule has 0 aromatic heterocycles. The lowest BCUT2D eigenvalue weighted by atomic mass is 9.78. The Morgan fingerprint density at radius 3 is 2.22 bits per heavy atom. The summed E-state index contributed by atoms with van der Waals surface area (Å²) in [6.07, 6.45) is 1.26. The maximum atomic E-state index is 12.0. The van der Waals surface area contributed by atoms with Crippen molar-refractivity contribution in [2.45, 2.75) is 52.7 Å². The zero-order valence-corrected chi connectivity index (χ0v) is 11.6. The molecule has 0 aromatic rings. The SMILES string of the molecule is CC(C)C1CC2OC(=O)C(C(C)C)CC2NC1=O. The molecular formula is C14H23NO3. The van der Waals surface area contributed by atoms with Crippen LogP contribution in [-0.2, 0) is 14.3 Å². The molecular weight excluding hydrogens is 230 g/mol. The number of carbonyl (C=O) groups is 2. The summed E-state index contributed by atoms with van der Waals surface area (Å²) in [4.78, 5) is 23.9. The van der Waals surface area contributed by atoms with Crippen LogP contribution in [-0.4, -0.2) is 24.0 Å². The second-order valence-corrected chi connectivity index (χ2v) is 6.26. The van der Waals surface area contributed by atoms with Gasteiger partial charge in [-0.25, -0.2) is 0 Å². The molecule has 0 bridgehead atoms. The number of rotatable bonds is 2. The highest BCUT2D eigenvalue weighted by atomic mass is 16.5. The predicted molar refractivity (Wildman–Crippen MR) is 67.7 cm³/mol. The number of carbonyl (C=O) groups excluding carboxylic acids is 2. The van der Waals surface area contributed by atoms with Gasteiger partial charge in [0, 0.05) is 5.92 Å². The molecule has 2 aliphatic rings. The highest BCUT2D eigenvalue weighted by Crippen LogP contribution is 2.34. The lowest BCUT2D eigenvalue weighted by molar-refractivity contribution is -0.172. The van der Waals surface area contributed by atoms with Crippen molar-refractivity contribution < 1.29 is 14.3 Å². The minimum atomic E-state index is -0.127. The van der Waals surface area contributed by atoms with Crippen LogP contribution in [0, 0.1) is 23.7 Å². The molecule has 4 heteroatoms. The summed E-state index contributed by atoms with van der Waals surface area (Å²) in [5.74, 6) is 0.457. The predicted octanol–water partition coefficient (Wildman–Crippen LogP) is 1.73. The van der Waals surface area contributed by atoms with Crippen molar-refractivity contribution in [2.75, 3.05) is 0 Å². The topological polar surface area (TPSA) is 55.4 Å². The summed E-state index contributed by atoms with van der Waals surface area (Å²) in [7, 11) is 0. The Bertz CT molecular complexity index is 317. The Kier molecular flexibility index (Phi) is 3.64. The van der Waals surface area contributed by atoms with Gasteiger partial charge in [-0.1, -0.05) is 27.7 Å². The molecule has 4 atom stereocenters. The van der Waals surface area contributed by atoms with Crippen molar-refractivity contribution in [3.05, 3.63) is 0 Å². The average Bonchev–Trinajstić information content (AvgIpc) is 2.27. The number of hydrogen-bond donors (Lipinski definition) is 1. The second-order valence-electron chi connectivity index (χ2n) is 6.26. The molecule has 1 N–H and O–H groups in total. The van der Waals surface area contributed by atoms with E-state index in [0.717, 1.165) is 6.42 Å². The van der Waals surface area contributed by atoms with Gasteiger partial charge < -0.3 is 10.1 Å². The maximum Gasteiger partial charge on any atom is 0.309 e. The van der Waals surface area contributed by atoms with E-state index in [1.165, 1.54) is 0 Å². The molecule has 0 aliphatic carbocycles. The normalized spacial score (nSPS) is 36.3. The lowest BCUT2D eigenvalue weighted by Gasteiger charge is -2.42. The van der Waals surface area contributed by atoms with Crippen molar-refractivity contribution in [3.63, 3.8) is 0 Å². The summed E-state index contributed by atoms with van der Waals surface area (Å²) >= 11 is 0. The van der Waals surface area contributed by atoms with Crippen LogP contribution < -0.4 is 5.32 Å². The Hall–Kier alpha value is -1.06. The van der Waals surface area contributed by atoms with Crippen LogP contribution in [0.2, 0.25) is 0 Å². The van der Waals surface area contributed by atoms with Crippen LogP contribution in [0.4, 0.5) is 0 Å². The molecule has 2 aliphatic heterocycles. The monoisotopic (exact) mass is 253 g/mol. The van der Waals surface area contributed by atoms with Crippen molar-refractivity contribution in [2.24, 2.45) is 23.7 Å². The number of ether oxygens (including phenoxy) is 1. The average molecular weight is 253 g/mol. The minimum Gasteiger partial charge on any atom is -0.460 e. The van der Waals surface area contributed by atoms with Gasteiger partial charge in [0.2, 0.25) is 5.91 Å². The molecule has 2 rings (SSSR count). The van der Waals surface area contributed by atoms with E-state index in [2.05, 4.69) is 5.32 Å². The fourth-order valence-electron chi connectivity index (χ4n) is 2.97. The first-order valence-electron chi connectivity index (χ1n) is 6.91. The van der Waals surface area contributed by atoms with E-state index in [1.807, 2.05) is 27.7 Å². The summed E-state index contributed by atoms with van der Waals surface area (Å²) in [5, 5.41) is 3.04. The molecule has 1 amide bonds.